The number of hydrogen-bond acceptors (Lipinski definition) is 4. The third-order valence-electron chi connectivity index (χ3n) is 4.42. The van der Waals surface area contributed by atoms with Crippen molar-refractivity contribution in [2.45, 2.75) is 58.5 Å². The van der Waals surface area contributed by atoms with Gasteiger partial charge >= 0.3 is 12.1 Å². The molecule has 1 aliphatic heterocycles. The van der Waals surface area contributed by atoms with Crippen LogP contribution in [0.5, 0.6) is 0 Å². The fraction of sp³-hybridized carbons (Fsp3) is 0.875. The van der Waals surface area contributed by atoms with E-state index >= 15 is 0 Å². The van der Waals surface area contributed by atoms with Gasteiger partial charge in [0.1, 0.15) is 5.60 Å². The van der Waals surface area contributed by atoms with Crippen molar-refractivity contribution < 1.29 is 19.1 Å². The standard InChI is InChI=1S/C16H27NO4/c1-15(2,3)21-14(19)17-9-5-12(6-10-17)11-16(7-8-16)13(18)20-4/h12H,5-11H2,1-4H3. The minimum Gasteiger partial charge on any atom is -0.469 e. The van der Waals surface area contributed by atoms with E-state index in [0.29, 0.717) is 5.92 Å². The molecule has 1 heterocycles. The monoisotopic (exact) mass is 297 g/mol. The fourth-order valence-corrected chi connectivity index (χ4v) is 3.06. The summed E-state index contributed by atoms with van der Waals surface area (Å²) in [5.74, 6) is 0.447. The van der Waals surface area contributed by atoms with E-state index in [-0.39, 0.29) is 17.5 Å². The molecule has 0 aromatic heterocycles. The van der Waals surface area contributed by atoms with E-state index in [4.69, 9.17) is 9.47 Å². The Hall–Kier alpha value is -1.26. The Labute approximate surface area is 127 Å². The Kier molecular flexibility index (Phi) is 4.49. The van der Waals surface area contributed by atoms with Crippen LogP contribution in [0.3, 0.4) is 0 Å². The SMILES string of the molecule is COC(=O)C1(CC2CCN(C(=O)OC(C)(C)C)CC2)CC1. The predicted octanol–water partition coefficient (Wildman–Crippen LogP) is 2.98. The molecule has 2 aliphatic rings. The summed E-state index contributed by atoms with van der Waals surface area (Å²) >= 11 is 0. The highest BCUT2D eigenvalue weighted by Crippen LogP contribution is 2.52. The van der Waals surface area contributed by atoms with Gasteiger partial charge in [0.25, 0.3) is 0 Å². The van der Waals surface area contributed by atoms with Crippen molar-refractivity contribution in [1.82, 2.24) is 4.90 Å². The smallest absolute Gasteiger partial charge is 0.410 e. The average Bonchev–Trinajstić information content (AvgIpc) is 3.17. The van der Waals surface area contributed by atoms with Crippen LogP contribution < -0.4 is 0 Å². The van der Waals surface area contributed by atoms with Gasteiger partial charge in [0, 0.05) is 13.1 Å². The number of piperidine rings is 1. The van der Waals surface area contributed by atoms with Crippen LogP contribution in [0.1, 0.15) is 52.9 Å². The largest absolute Gasteiger partial charge is 0.469 e. The fourth-order valence-electron chi connectivity index (χ4n) is 3.06. The molecule has 0 radical (unpaired) electrons. The molecule has 1 saturated heterocycles. The number of carbonyl (C=O) groups excluding carboxylic acids is 2. The zero-order valence-electron chi connectivity index (χ0n) is 13.6. The number of likely N-dealkylation sites (tertiary alicyclic amines) is 1. The highest BCUT2D eigenvalue weighted by atomic mass is 16.6. The molecule has 2 rings (SSSR count). The molecule has 1 saturated carbocycles. The first-order valence-electron chi connectivity index (χ1n) is 7.82. The molecule has 2 fully saturated rings. The Morgan fingerprint density at radius 2 is 1.76 bits per heavy atom. The Morgan fingerprint density at radius 3 is 2.19 bits per heavy atom. The van der Waals surface area contributed by atoms with Crippen molar-refractivity contribution >= 4 is 12.1 Å². The van der Waals surface area contributed by atoms with Crippen molar-refractivity contribution in [1.29, 1.82) is 0 Å². The van der Waals surface area contributed by atoms with E-state index in [1.807, 2.05) is 20.8 Å². The Bertz CT molecular complexity index is 401. The number of hydrogen-bond donors (Lipinski definition) is 0. The molecular formula is C16H27NO4. The van der Waals surface area contributed by atoms with Crippen LogP contribution in [0.15, 0.2) is 0 Å². The lowest BCUT2D eigenvalue weighted by Crippen LogP contribution is -2.42. The Morgan fingerprint density at radius 1 is 1.19 bits per heavy atom. The molecule has 5 nitrogen and oxygen atoms in total. The number of ether oxygens (including phenoxy) is 2. The van der Waals surface area contributed by atoms with Gasteiger partial charge in [-0.15, -0.1) is 0 Å². The van der Waals surface area contributed by atoms with Crippen molar-refractivity contribution in [3.63, 3.8) is 0 Å². The number of carbonyl (C=O) groups is 2. The van der Waals surface area contributed by atoms with Crippen molar-refractivity contribution in [3.8, 4) is 0 Å². The zero-order chi connectivity index (χ0) is 15.7. The molecule has 1 amide bonds. The van der Waals surface area contributed by atoms with E-state index in [2.05, 4.69) is 0 Å². The first kappa shape index (κ1) is 16.1. The maximum atomic E-state index is 12.0. The van der Waals surface area contributed by atoms with Crippen LogP contribution in [0, 0.1) is 11.3 Å². The number of methoxy groups -OCH3 is 1. The lowest BCUT2D eigenvalue weighted by molar-refractivity contribution is -0.148. The maximum Gasteiger partial charge on any atom is 0.410 e. The van der Waals surface area contributed by atoms with Gasteiger partial charge in [-0.2, -0.15) is 0 Å². The molecule has 0 aromatic carbocycles. The number of nitrogens with zero attached hydrogens (tertiary/aromatic N) is 1. The van der Waals surface area contributed by atoms with Crippen molar-refractivity contribution in [2.24, 2.45) is 11.3 Å². The summed E-state index contributed by atoms with van der Waals surface area (Å²) in [5.41, 5.74) is -0.662. The molecule has 0 N–H and O–H groups in total. The van der Waals surface area contributed by atoms with E-state index in [1.54, 1.807) is 4.90 Å². The van der Waals surface area contributed by atoms with Gasteiger partial charge in [-0.25, -0.2) is 4.79 Å². The third kappa shape index (κ3) is 4.11. The molecule has 1 aliphatic carbocycles. The molecule has 0 bridgehead atoms. The van der Waals surface area contributed by atoms with Crippen LogP contribution >= 0.6 is 0 Å². The van der Waals surface area contributed by atoms with Gasteiger partial charge in [0.15, 0.2) is 0 Å². The summed E-state index contributed by atoms with van der Waals surface area (Å²) in [4.78, 5) is 25.6. The van der Waals surface area contributed by atoms with Crippen LogP contribution in [0.2, 0.25) is 0 Å². The number of esters is 1. The summed E-state index contributed by atoms with van der Waals surface area (Å²) < 4.78 is 10.3. The molecule has 0 spiro atoms. The second-order valence-corrected chi connectivity index (χ2v) is 7.39. The summed E-state index contributed by atoms with van der Waals surface area (Å²) in [6.45, 7) is 7.08. The van der Waals surface area contributed by atoms with Crippen molar-refractivity contribution in [3.05, 3.63) is 0 Å². The van der Waals surface area contributed by atoms with E-state index in [9.17, 15) is 9.59 Å². The predicted molar refractivity (Wildman–Crippen MR) is 78.8 cm³/mol. The molecule has 0 unspecified atom stereocenters. The summed E-state index contributed by atoms with van der Waals surface area (Å²) in [6, 6.07) is 0. The van der Waals surface area contributed by atoms with E-state index in [1.165, 1.54) is 7.11 Å². The molecular weight excluding hydrogens is 270 g/mol. The third-order valence-corrected chi connectivity index (χ3v) is 4.42. The quantitative estimate of drug-likeness (QED) is 0.751. The average molecular weight is 297 g/mol. The second-order valence-electron chi connectivity index (χ2n) is 7.39. The first-order valence-corrected chi connectivity index (χ1v) is 7.82. The van der Waals surface area contributed by atoms with Crippen LogP contribution in [0.4, 0.5) is 4.79 Å². The van der Waals surface area contributed by atoms with Crippen LogP contribution in [-0.2, 0) is 14.3 Å². The molecule has 120 valence electrons. The maximum absolute atomic E-state index is 12.0. The number of amides is 1. The lowest BCUT2D eigenvalue weighted by atomic mass is 9.85. The van der Waals surface area contributed by atoms with E-state index in [0.717, 1.165) is 45.2 Å². The minimum absolute atomic E-state index is 0.0583. The number of rotatable bonds is 3. The van der Waals surface area contributed by atoms with Gasteiger partial charge in [0.2, 0.25) is 0 Å². The van der Waals surface area contributed by atoms with Gasteiger partial charge in [-0.1, -0.05) is 0 Å². The van der Waals surface area contributed by atoms with Gasteiger partial charge in [-0.3, -0.25) is 4.79 Å². The van der Waals surface area contributed by atoms with Crippen molar-refractivity contribution in [2.75, 3.05) is 20.2 Å². The molecule has 21 heavy (non-hydrogen) atoms. The highest BCUT2D eigenvalue weighted by Gasteiger charge is 2.52. The normalized spacial score (nSPS) is 21.8. The summed E-state index contributed by atoms with van der Waals surface area (Å²) in [5, 5.41) is 0. The lowest BCUT2D eigenvalue weighted by Gasteiger charge is -2.34. The van der Waals surface area contributed by atoms with Crippen LogP contribution in [-0.4, -0.2) is 42.8 Å². The zero-order valence-corrected chi connectivity index (χ0v) is 13.6. The van der Waals surface area contributed by atoms with Gasteiger partial charge < -0.3 is 14.4 Å². The summed E-state index contributed by atoms with van der Waals surface area (Å²) in [7, 11) is 1.47. The second kappa shape index (κ2) is 5.85. The molecule has 0 atom stereocenters. The molecule has 5 heteroatoms. The summed E-state index contributed by atoms with van der Waals surface area (Å²) in [6.07, 6.45) is 4.46. The Balaban J connectivity index is 1.79. The minimum atomic E-state index is -0.448. The van der Waals surface area contributed by atoms with E-state index < -0.39 is 5.60 Å². The topological polar surface area (TPSA) is 55.8 Å². The van der Waals surface area contributed by atoms with Gasteiger partial charge in [-0.05, 0) is 58.8 Å². The highest BCUT2D eigenvalue weighted by molar-refractivity contribution is 5.79. The molecule has 0 aromatic rings. The first-order chi connectivity index (χ1) is 9.76. The van der Waals surface area contributed by atoms with Crippen LogP contribution in [0.25, 0.3) is 0 Å². The van der Waals surface area contributed by atoms with Gasteiger partial charge in [0.05, 0.1) is 12.5 Å².